The molecule has 36 heavy (non-hydrogen) atoms. The van der Waals surface area contributed by atoms with Crippen LogP contribution in [0.4, 0.5) is 0 Å². The zero-order valence-corrected chi connectivity index (χ0v) is 25.4. The fourth-order valence-corrected chi connectivity index (χ4v) is 5.24. The van der Waals surface area contributed by atoms with Gasteiger partial charge in [0.2, 0.25) is 0 Å². The molecule has 3 nitrogen and oxygen atoms in total. The smallest absolute Gasteiger partial charge is 0.550 e. The van der Waals surface area contributed by atoms with Gasteiger partial charge in [-0.1, -0.05) is 142 Å². The first-order valence-corrected chi connectivity index (χ1v) is 16.1. The molecule has 1 unspecified atom stereocenters. The van der Waals surface area contributed by atoms with E-state index in [1.165, 1.54) is 154 Å². The largest absolute Gasteiger partial charge is 1.00 e. The summed E-state index contributed by atoms with van der Waals surface area (Å²) < 4.78 is 0. The summed E-state index contributed by atoms with van der Waals surface area (Å²) in [6, 6.07) is 0.487. The van der Waals surface area contributed by atoms with Crippen LogP contribution in [0.25, 0.3) is 0 Å². The molecule has 0 spiro atoms. The molecule has 210 valence electrons. The molecule has 0 saturated carbocycles. The van der Waals surface area contributed by atoms with Crippen molar-refractivity contribution in [3.05, 3.63) is 0 Å². The van der Waals surface area contributed by atoms with Gasteiger partial charge in [-0.2, -0.15) is 0 Å². The second-order valence-corrected chi connectivity index (χ2v) is 11.2. The van der Waals surface area contributed by atoms with E-state index >= 15 is 0 Å². The Morgan fingerprint density at radius 3 is 1.17 bits per heavy atom. The Kier molecular flexibility index (Phi) is 33.1. The van der Waals surface area contributed by atoms with Crippen molar-refractivity contribution < 1.29 is 28.8 Å². The summed E-state index contributed by atoms with van der Waals surface area (Å²) in [6.45, 7) is 9.23. The van der Waals surface area contributed by atoms with Crippen molar-refractivity contribution in [2.24, 2.45) is 0 Å². The third-order valence-corrected chi connectivity index (χ3v) is 7.72. The van der Waals surface area contributed by atoms with Gasteiger partial charge in [0.25, 0.3) is 0 Å². The average molecular weight is 502 g/mol. The van der Waals surface area contributed by atoms with Crippen LogP contribution in [0.5, 0.6) is 0 Å². The number of hydrogen-bond donors (Lipinski definition) is 0. The molecule has 0 fully saturated rings. The SMILES string of the molecule is CCCCCCCCCCCCCN(CCCCCCCCCCCCC)C(C)CCCC(=O)[O-].[Li+]. The van der Waals surface area contributed by atoms with Gasteiger partial charge in [0.15, 0.2) is 0 Å². The van der Waals surface area contributed by atoms with E-state index in [-0.39, 0.29) is 25.3 Å². The molecular formula is C32H64LiNO2. The molecule has 0 N–H and O–H groups in total. The van der Waals surface area contributed by atoms with Gasteiger partial charge in [-0.25, -0.2) is 0 Å². The minimum atomic E-state index is -0.903. The van der Waals surface area contributed by atoms with Gasteiger partial charge >= 0.3 is 18.9 Å². The Labute approximate surface area is 239 Å². The number of rotatable bonds is 29. The van der Waals surface area contributed by atoms with E-state index in [2.05, 4.69) is 25.7 Å². The molecule has 0 saturated heterocycles. The topological polar surface area (TPSA) is 43.4 Å². The zero-order chi connectivity index (χ0) is 25.8. The number of carboxylic acids is 1. The fraction of sp³-hybridized carbons (Fsp3) is 0.969. The van der Waals surface area contributed by atoms with Crippen LogP contribution < -0.4 is 24.0 Å². The van der Waals surface area contributed by atoms with Crippen molar-refractivity contribution in [1.82, 2.24) is 4.90 Å². The minimum absolute atomic E-state index is 0. The molecule has 0 rings (SSSR count). The van der Waals surface area contributed by atoms with Crippen LogP contribution in [0.3, 0.4) is 0 Å². The van der Waals surface area contributed by atoms with Crippen LogP contribution in [0.2, 0.25) is 0 Å². The van der Waals surface area contributed by atoms with Crippen molar-refractivity contribution >= 4 is 5.97 Å². The van der Waals surface area contributed by atoms with Crippen LogP contribution >= 0.6 is 0 Å². The minimum Gasteiger partial charge on any atom is -0.550 e. The Morgan fingerprint density at radius 2 is 0.861 bits per heavy atom. The maximum atomic E-state index is 10.8. The molecule has 0 bridgehead atoms. The van der Waals surface area contributed by atoms with Crippen LogP contribution in [-0.4, -0.2) is 30.0 Å². The van der Waals surface area contributed by atoms with Crippen molar-refractivity contribution in [2.45, 2.75) is 187 Å². The van der Waals surface area contributed by atoms with Gasteiger partial charge in [0.05, 0.1) is 0 Å². The number of hydrogen-bond acceptors (Lipinski definition) is 3. The van der Waals surface area contributed by atoms with E-state index < -0.39 is 5.97 Å². The standard InChI is InChI=1S/C32H65NO2.Li/c1-4-6-8-10-12-14-16-18-20-22-24-29-33(31(3)27-26-28-32(34)35)30-25-23-21-19-17-15-13-11-9-7-5-2;/h31H,4-30H2,1-3H3,(H,34,35);/q;+1/p-1. The molecule has 0 aliphatic rings. The summed E-state index contributed by atoms with van der Waals surface area (Å²) in [6.07, 6.45) is 32.4. The molecule has 0 aliphatic heterocycles. The number of carbonyl (C=O) groups is 1. The van der Waals surface area contributed by atoms with E-state index in [0.29, 0.717) is 6.04 Å². The monoisotopic (exact) mass is 502 g/mol. The normalized spacial score (nSPS) is 12.1. The Balaban J connectivity index is 0. The Hall–Kier alpha value is 0.0274. The van der Waals surface area contributed by atoms with E-state index in [9.17, 15) is 9.90 Å². The van der Waals surface area contributed by atoms with Crippen molar-refractivity contribution in [1.29, 1.82) is 0 Å². The number of nitrogens with zero attached hydrogens (tertiary/aromatic N) is 1. The van der Waals surface area contributed by atoms with Crippen LogP contribution in [0.15, 0.2) is 0 Å². The van der Waals surface area contributed by atoms with Crippen LogP contribution in [0, 0.1) is 0 Å². The van der Waals surface area contributed by atoms with Gasteiger partial charge in [-0.15, -0.1) is 0 Å². The molecule has 1 atom stereocenters. The predicted molar refractivity (Wildman–Crippen MR) is 153 cm³/mol. The number of aliphatic carboxylic acids is 1. The molecule has 0 radical (unpaired) electrons. The average Bonchev–Trinajstić information content (AvgIpc) is 2.84. The summed E-state index contributed by atoms with van der Waals surface area (Å²) in [4.78, 5) is 13.4. The van der Waals surface area contributed by atoms with E-state index in [1.54, 1.807) is 0 Å². The van der Waals surface area contributed by atoms with Gasteiger partial charge in [0.1, 0.15) is 0 Å². The molecule has 4 heteroatoms. The molecule has 0 heterocycles. The van der Waals surface area contributed by atoms with Crippen LogP contribution in [0.1, 0.15) is 181 Å². The Morgan fingerprint density at radius 1 is 0.556 bits per heavy atom. The summed E-state index contributed by atoms with van der Waals surface area (Å²) in [5, 5.41) is 10.8. The van der Waals surface area contributed by atoms with Gasteiger partial charge < -0.3 is 14.8 Å². The van der Waals surface area contributed by atoms with E-state index in [1.807, 2.05) is 0 Å². The molecule has 0 amide bonds. The Bertz CT molecular complexity index is 406. The second-order valence-electron chi connectivity index (χ2n) is 11.2. The summed E-state index contributed by atoms with van der Waals surface area (Å²) in [5.74, 6) is -0.903. The number of unbranched alkanes of at least 4 members (excludes halogenated alkanes) is 20. The number of carboxylic acid groups (broad SMARTS) is 1. The van der Waals surface area contributed by atoms with Crippen molar-refractivity contribution in [3.8, 4) is 0 Å². The van der Waals surface area contributed by atoms with Gasteiger partial charge in [-0.05, 0) is 52.1 Å². The first-order chi connectivity index (χ1) is 17.1. The summed E-state index contributed by atoms with van der Waals surface area (Å²) in [5.41, 5.74) is 0. The molecule has 0 aromatic rings. The van der Waals surface area contributed by atoms with E-state index in [4.69, 9.17) is 0 Å². The summed E-state index contributed by atoms with van der Waals surface area (Å²) in [7, 11) is 0. The second kappa shape index (κ2) is 31.2. The maximum absolute atomic E-state index is 10.8. The number of carbonyl (C=O) groups excluding carboxylic acids is 1. The zero-order valence-electron chi connectivity index (χ0n) is 25.4. The quantitative estimate of drug-likeness (QED) is 0.0902. The third kappa shape index (κ3) is 28.6. The summed E-state index contributed by atoms with van der Waals surface area (Å²) >= 11 is 0. The molecule has 0 aromatic carbocycles. The molecule has 0 aliphatic carbocycles. The van der Waals surface area contributed by atoms with E-state index in [0.717, 1.165) is 12.8 Å². The first-order valence-electron chi connectivity index (χ1n) is 16.1. The van der Waals surface area contributed by atoms with Crippen LogP contribution in [-0.2, 0) is 4.79 Å². The maximum Gasteiger partial charge on any atom is 1.00 e. The van der Waals surface area contributed by atoms with Crippen molar-refractivity contribution in [2.75, 3.05) is 13.1 Å². The molecule has 0 aromatic heterocycles. The molecular weight excluding hydrogens is 437 g/mol. The first kappa shape index (κ1) is 38.2. The van der Waals surface area contributed by atoms with Gasteiger partial charge in [-0.3, -0.25) is 0 Å². The van der Waals surface area contributed by atoms with Gasteiger partial charge in [0, 0.05) is 12.0 Å². The fourth-order valence-electron chi connectivity index (χ4n) is 5.24. The predicted octanol–water partition coefficient (Wildman–Crippen LogP) is 6.22. The van der Waals surface area contributed by atoms with Crippen molar-refractivity contribution in [3.63, 3.8) is 0 Å². The third-order valence-electron chi connectivity index (χ3n) is 7.72.